The third-order valence-electron chi connectivity index (χ3n) is 4.25. The molecule has 1 saturated heterocycles. The Balaban J connectivity index is 1.86. The maximum Gasteiger partial charge on any atom is 0.191 e. The Hall–Kier alpha value is -2.29. The summed E-state index contributed by atoms with van der Waals surface area (Å²) in [7, 11) is 0. The van der Waals surface area contributed by atoms with E-state index in [0.29, 0.717) is 5.96 Å². The summed E-state index contributed by atoms with van der Waals surface area (Å²) in [6.45, 7) is 4.07. The van der Waals surface area contributed by atoms with Crippen molar-refractivity contribution in [1.82, 2.24) is 10.2 Å². The van der Waals surface area contributed by atoms with E-state index in [2.05, 4.69) is 65.7 Å². The van der Waals surface area contributed by atoms with Crippen LogP contribution in [-0.2, 0) is 0 Å². The van der Waals surface area contributed by atoms with Crippen molar-refractivity contribution in [3.05, 3.63) is 71.3 Å². The van der Waals surface area contributed by atoms with Gasteiger partial charge in [0.1, 0.15) is 0 Å². The average Bonchev–Trinajstić information content (AvgIpc) is 3.09. The highest BCUT2D eigenvalue weighted by atomic mass is 15.3. The minimum absolute atomic E-state index is 0.0231. The van der Waals surface area contributed by atoms with E-state index < -0.39 is 0 Å². The van der Waals surface area contributed by atoms with Gasteiger partial charge in [-0.05, 0) is 30.9 Å². The van der Waals surface area contributed by atoms with Crippen molar-refractivity contribution in [2.75, 3.05) is 13.1 Å². The molecule has 0 amide bonds. The van der Waals surface area contributed by atoms with Crippen LogP contribution in [0.15, 0.2) is 54.6 Å². The number of guanidine groups is 1. The van der Waals surface area contributed by atoms with E-state index in [1.165, 1.54) is 29.5 Å². The Morgan fingerprint density at radius 1 is 0.955 bits per heavy atom. The second-order valence-electron chi connectivity index (χ2n) is 5.94. The molecule has 2 aromatic carbocycles. The van der Waals surface area contributed by atoms with Crippen LogP contribution in [0.1, 0.15) is 35.6 Å². The molecule has 22 heavy (non-hydrogen) atoms. The summed E-state index contributed by atoms with van der Waals surface area (Å²) < 4.78 is 0. The molecule has 3 nitrogen and oxygen atoms in total. The predicted molar refractivity (Wildman–Crippen MR) is 91.1 cm³/mol. The maximum atomic E-state index is 8.37. The Morgan fingerprint density at radius 3 is 2.18 bits per heavy atom. The van der Waals surface area contributed by atoms with Gasteiger partial charge in [0.25, 0.3) is 0 Å². The molecule has 1 unspecified atom stereocenters. The molecule has 2 N–H and O–H groups in total. The zero-order valence-electron chi connectivity index (χ0n) is 13.0. The van der Waals surface area contributed by atoms with Crippen molar-refractivity contribution in [1.29, 1.82) is 5.41 Å². The van der Waals surface area contributed by atoms with E-state index in [0.717, 1.165) is 13.1 Å². The van der Waals surface area contributed by atoms with Gasteiger partial charge in [-0.2, -0.15) is 0 Å². The Morgan fingerprint density at radius 2 is 1.55 bits per heavy atom. The number of hydrogen-bond acceptors (Lipinski definition) is 1. The van der Waals surface area contributed by atoms with Crippen molar-refractivity contribution >= 4 is 5.96 Å². The lowest BCUT2D eigenvalue weighted by molar-refractivity contribution is 0.482. The second-order valence-corrected chi connectivity index (χ2v) is 5.94. The first-order valence-electron chi connectivity index (χ1n) is 7.95. The van der Waals surface area contributed by atoms with Crippen molar-refractivity contribution in [2.45, 2.75) is 25.8 Å². The number of hydrogen-bond donors (Lipinski definition) is 2. The highest BCUT2D eigenvalue weighted by Crippen LogP contribution is 2.23. The quantitative estimate of drug-likeness (QED) is 0.669. The summed E-state index contributed by atoms with van der Waals surface area (Å²) >= 11 is 0. The first-order valence-corrected chi connectivity index (χ1v) is 7.95. The molecule has 0 aromatic heterocycles. The van der Waals surface area contributed by atoms with Gasteiger partial charge < -0.3 is 10.2 Å². The molecule has 1 heterocycles. The maximum absolute atomic E-state index is 8.37. The average molecular weight is 293 g/mol. The number of nitrogens with one attached hydrogen (secondary N) is 2. The first kappa shape index (κ1) is 14.6. The predicted octanol–water partition coefficient (Wildman–Crippen LogP) is 3.70. The van der Waals surface area contributed by atoms with Gasteiger partial charge in [0.05, 0.1) is 6.04 Å². The minimum Gasteiger partial charge on any atom is -0.345 e. The van der Waals surface area contributed by atoms with E-state index in [9.17, 15) is 0 Å². The lowest BCUT2D eigenvalue weighted by atomic mass is 9.98. The molecule has 2 aromatic rings. The number of aryl methyl sites for hydroxylation is 1. The zero-order chi connectivity index (χ0) is 15.4. The molecule has 0 aliphatic carbocycles. The number of nitrogens with zero attached hydrogens (tertiary/aromatic N) is 1. The van der Waals surface area contributed by atoms with Crippen LogP contribution < -0.4 is 5.32 Å². The SMILES string of the molecule is Cc1ccc(C(NC(=N)N2CCCC2)c2ccccc2)cc1. The number of likely N-dealkylation sites (tertiary alicyclic amines) is 1. The van der Waals surface area contributed by atoms with Gasteiger partial charge in [0, 0.05) is 13.1 Å². The zero-order valence-corrected chi connectivity index (χ0v) is 13.0. The van der Waals surface area contributed by atoms with E-state index in [4.69, 9.17) is 5.41 Å². The molecule has 0 bridgehead atoms. The summed E-state index contributed by atoms with van der Waals surface area (Å²) in [5.74, 6) is 0.534. The summed E-state index contributed by atoms with van der Waals surface area (Å²) in [5, 5.41) is 11.8. The van der Waals surface area contributed by atoms with Crippen LogP contribution in [0.5, 0.6) is 0 Å². The van der Waals surface area contributed by atoms with Crippen LogP contribution in [0, 0.1) is 12.3 Å². The summed E-state index contributed by atoms with van der Waals surface area (Å²) in [5.41, 5.74) is 3.64. The molecule has 1 fully saturated rings. The molecule has 0 saturated carbocycles. The molecule has 1 atom stereocenters. The van der Waals surface area contributed by atoms with E-state index in [1.54, 1.807) is 0 Å². The lowest BCUT2D eigenvalue weighted by Gasteiger charge is -2.26. The smallest absolute Gasteiger partial charge is 0.191 e. The highest BCUT2D eigenvalue weighted by molar-refractivity contribution is 5.78. The van der Waals surface area contributed by atoms with Crippen molar-refractivity contribution in [2.24, 2.45) is 0 Å². The third-order valence-corrected chi connectivity index (χ3v) is 4.25. The van der Waals surface area contributed by atoms with Gasteiger partial charge in [-0.25, -0.2) is 0 Å². The molecular weight excluding hydrogens is 270 g/mol. The van der Waals surface area contributed by atoms with E-state index >= 15 is 0 Å². The van der Waals surface area contributed by atoms with Crippen LogP contribution >= 0.6 is 0 Å². The standard InChI is InChI=1S/C19H23N3/c1-15-9-11-17(12-10-15)18(16-7-3-2-4-8-16)21-19(20)22-13-5-6-14-22/h2-4,7-12,18H,5-6,13-14H2,1H3,(H2,20,21). The molecule has 0 radical (unpaired) electrons. The summed E-state index contributed by atoms with van der Waals surface area (Å²) in [6, 6.07) is 19.0. The first-order chi connectivity index (χ1) is 10.7. The van der Waals surface area contributed by atoms with Gasteiger partial charge in [-0.15, -0.1) is 0 Å². The normalized spacial score (nSPS) is 15.6. The second kappa shape index (κ2) is 6.65. The van der Waals surface area contributed by atoms with E-state index in [1.807, 2.05) is 6.07 Å². The topological polar surface area (TPSA) is 39.1 Å². The van der Waals surface area contributed by atoms with E-state index in [-0.39, 0.29) is 6.04 Å². The van der Waals surface area contributed by atoms with Crippen molar-refractivity contribution < 1.29 is 0 Å². The van der Waals surface area contributed by atoms with Crippen LogP contribution in [0.25, 0.3) is 0 Å². The van der Waals surface area contributed by atoms with Gasteiger partial charge in [-0.1, -0.05) is 60.2 Å². The molecule has 3 rings (SSSR count). The fraction of sp³-hybridized carbons (Fsp3) is 0.316. The van der Waals surface area contributed by atoms with Gasteiger partial charge in [0.2, 0.25) is 0 Å². The van der Waals surface area contributed by atoms with Gasteiger partial charge in [0.15, 0.2) is 5.96 Å². The Bertz CT molecular complexity index is 613. The molecule has 1 aliphatic rings. The largest absolute Gasteiger partial charge is 0.345 e. The third kappa shape index (κ3) is 3.30. The molecular formula is C19H23N3. The molecule has 1 aliphatic heterocycles. The van der Waals surface area contributed by atoms with Gasteiger partial charge in [-0.3, -0.25) is 5.41 Å². The van der Waals surface area contributed by atoms with Crippen molar-refractivity contribution in [3.63, 3.8) is 0 Å². The van der Waals surface area contributed by atoms with Crippen molar-refractivity contribution in [3.8, 4) is 0 Å². The van der Waals surface area contributed by atoms with Crippen LogP contribution in [0.4, 0.5) is 0 Å². The minimum atomic E-state index is 0.0231. The summed E-state index contributed by atoms with van der Waals surface area (Å²) in [6.07, 6.45) is 2.37. The van der Waals surface area contributed by atoms with Crippen LogP contribution in [0.2, 0.25) is 0 Å². The number of benzene rings is 2. The van der Waals surface area contributed by atoms with Gasteiger partial charge >= 0.3 is 0 Å². The fourth-order valence-electron chi connectivity index (χ4n) is 2.93. The summed E-state index contributed by atoms with van der Waals surface area (Å²) in [4.78, 5) is 2.13. The number of rotatable bonds is 3. The monoisotopic (exact) mass is 293 g/mol. The molecule has 3 heteroatoms. The lowest BCUT2D eigenvalue weighted by Crippen LogP contribution is -2.41. The van der Waals surface area contributed by atoms with Crippen LogP contribution in [0.3, 0.4) is 0 Å². The molecule has 114 valence electrons. The van der Waals surface area contributed by atoms with Crippen LogP contribution in [-0.4, -0.2) is 23.9 Å². The fourth-order valence-corrected chi connectivity index (χ4v) is 2.93. The molecule has 0 spiro atoms. The Kier molecular flexibility index (Phi) is 4.42. The highest BCUT2D eigenvalue weighted by Gasteiger charge is 2.20. The Labute approximate surface area is 132 Å².